The molecule has 230 valence electrons. The minimum absolute atomic E-state index is 0.584. The van der Waals surface area contributed by atoms with Gasteiger partial charge in [-0.1, -0.05) is 78.9 Å². The minimum atomic E-state index is 0.584. The molecule has 2 heterocycles. The van der Waals surface area contributed by atoms with Gasteiger partial charge in [-0.15, -0.1) is 0 Å². The number of benzene rings is 7. The van der Waals surface area contributed by atoms with Gasteiger partial charge in [0, 0.05) is 27.4 Å². The number of hydrogen-bond donors (Lipinski definition) is 0. The van der Waals surface area contributed by atoms with E-state index in [1.807, 2.05) is 91.0 Å². The SMILES string of the molecule is [C-]#[N+]c1ccc2c(c1)c1ccccc1n2-c1ccccc1-c1cc(C#N)ccc1-c1ccc(-n2c3ccccc3c3cc(C#N)ccc32)cc1. The number of nitriles is 2. The van der Waals surface area contributed by atoms with E-state index >= 15 is 0 Å². The average molecular weight is 636 g/mol. The Hall–Kier alpha value is -7.39. The van der Waals surface area contributed by atoms with E-state index in [1.165, 1.54) is 0 Å². The molecule has 0 unspecified atom stereocenters. The van der Waals surface area contributed by atoms with Crippen LogP contribution in [0.15, 0.2) is 152 Å². The largest absolute Gasteiger partial charge is 0.309 e. The molecule has 0 amide bonds. The van der Waals surface area contributed by atoms with Gasteiger partial charge >= 0.3 is 0 Å². The van der Waals surface area contributed by atoms with Gasteiger partial charge in [0.25, 0.3) is 0 Å². The Morgan fingerprint density at radius 3 is 1.78 bits per heavy atom. The third kappa shape index (κ3) is 4.38. The topological polar surface area (TPSA) is 61.8 Å². The highest BCUT2D eigenvalue weighted by molar-refractivity contribution is 6.11. The zero-order chi connectivity index (χ0) is 33.8. The molecule has 0 aliphatic carbocycles. The summed E-state index contributed by atoms with van der Waals surface area (Å²) in [7, 11) is 0. The van der Waals surface area contributed by atoms with Gasteiger partial charge in [0.2, 0.25) is 0 Å². The molecule has 0 aliphatic heterocycles. The van der Waals surface area contributed by atoms with Crippen LogP contribution in [0.5, 0.6) is 0 Å². The van der Waals surface area contributed by atoms with Crippen molar-refractivity contribution in [3.8, 4) is 45.8 Å². The summed E-state index contributed by atoms with van der Waals surface area (Å²) in [6.07, 6.45) is 0. The van der Waals surface area contributed by atoms with Gasteiger partial charge < -0.3 is 9.13 Å². The number of aromatic nitrogens is 2. The van der Waals surface area contributed by atoms with E-state index in [0.717, 1.165) is 77.2 Å². The minimum Gasteiger partial charge on any atom is -0.309 e. The summed E-state index contributed by atoms with van der Waals surface area (Å²) in [4.78, 5) is 3.70. The van der Waals surface area contributed by atoms with E-state index in [-0.39, 0.29) is 0 Å². The van der Waals surface area contributed by atoms with Crippen molar-refractivity contribution in [3.63, 3.8) is 0 Å². The molecule has 9 rings (SSSR count). The highest BCUT2D eigenvalue weighted by Crippen LogP contribution is 2.41. The fraction of sp³-hybridized carbons (Fsp3) is 0. The number of fused-ring (bicyclic) bond motifs is 6. The second-order valence-corrected chi connectivity index (χ2v) is 12.3. The molecule has 0 aliphatic rings. The van der Waals surface area contributed by atoms with Gasteiger partial charge in [-0.2, -0.15) is 10.5 Å². The molecule has 7 aromatic carbocycles. The van der Waals surface area contributed by atoms with E-state index in [0.29, 0.717) is 16.8 Å². The van der Waals surface area contributed by atoms with Crippen LogP contribution in [-0.2, 0) is 0 Å². The van der Waals surface area contributed by atoms with Crippen LogP contribution in [0.3, 0.4) is 0 Å². The monoisotopic (exact) mass is 635 g/mol. The summed E-state index contributed by atoms with van der Waals surface area (Å²) in [5, 5.41) is 23.8. The number of para-hydroxylation sites is 3. The third-order valence-electron chi connectivity index (χ3n) is 9.61. The maximum absolute atomic E-state index is 10.0. The van der Waals surface area contributed by atoms with Crippen molar-refractivity contribution in [2.75, 3.05) is 0 Å². The average Bonchev–Trinajstić information content (AvgIpc) is 3.69. The van der Waals surface area contributed by atoms with E-state index in [2.05, 4.69) is 86.8 Å². The molecule has 2 aromatic heterocycles. The first-order chi connectivity index (χ1) is 24.7. The normalized spacial score (nSPS) is 11.1. The zero-order valence-corrected chi connectivity index (χ0v) is 26.7. The molecule has 50 heavy (non-hydrogen) atoms. The van der Waals surface area contributed by atoms with Gasteiger partial charge in [0.1, 0.15) is 0 Å². The molecular weight excluding hydrogens is 611 g/mol. The Balaban J connectivity index is 1.23. The summed E-state index contributed by atoms with van der Waals surface area (Å²) in [6, 6.07) is 55.7. The van der Waals surface area contributed by atoms with Crippen molar-refractivity contribution < 1.29 is 0 Å². The smallest absolute Gasteiger partial charge is 0.188 e. The van der Waals surface area contributed by atoms with Crippen molar-refractivity contribution in [2.24, 2.45) is 0 Å². The number of hydrogen-bond acceptors (Lipinski definition) is 2. The maximum atomic E-state index is 10.0. The van der Waals surface area contributed by atoms with Gasteiger partial charge in [-0.05, 0) is 94.9 Å². The predicted molar refractivity (Wildman–Crippen MR) is 202 cm³/mol. The Kier molecular flexibility index (Phi) is 6.56. The predicted octanol–water partition coefficient (Wildman–Crippen LogP) is 11.5. The molecule has 0 saturated carbocycles. The standard InChI is InChI=1S/C45H25N5/c1-48-32-18-23-45-40(26-32)37-10-4-7-13-43(37)50(45)42-12-6-2-8-35(42)38-24-29(27-46)14-21-34(38)31-16-19-33(20-17-31)49-41-11-5-3-9-36(41)39-25-30(28-47)15-22-44(39)49/h2-26H. The molecule has 0 radical (unpaired) electrons. The molecule has 5 heteroatoms. The van der Waals surface area contributed by atoms with Gasteiger partial charge in [0.15, 0.2) is 5.69 Å². The van der Waals surface area contributed by atoms with Crippen molar-refractivity contribution in [1.29, 1.82) is 10.5 Å². The molecule has 0 fully saturated rings. The van der Waals surface area contributed by atoms with Crippen LogP contribution in [0.1, 0.15) is 11.1 Å². The first-order valence-electron chi connectivity index (χ1n) is 16.3. The summed E-state index contributed by atoms with van der Waals surface area (Å²) in [5.41, 5.74) is 12.0. The van der Waals surface area contributed by atoms with E-state index in [1.54, 1.807) is 0 Å². The van der Waals surface area contributed by atoms with Gasteiger partial charge in [-0.25, -0.2) is 4.85 Å². The van der Waals surface area contributed by atoms with Crippen LogP contribution >= 0.6 is 0 Å². The third-order valence-corrected chi connectivity index (χ3v) is 9.61. The highest BCUT2D eigenvalue weighted by Gasteiger charge is 2.19. The van der Waals surface area contributed by atoms with E-state index in [4.69, 9.17) is 6.57 Å². The molecule has 0 N–H and O–H groups in total. The Bertz CT molecular complexity index is 2960. The van der Waals surface area contributed by atoms with Crippen molar-refractivity contribution >= 4 is 49.3 Å². The Morgan fingerprint density at radius 2 is 1.04 bits per heavy atom. The van der Waals surface area contributed by atoms with Crippen molar-refractivity contribution in [3.05, 3.63) is 174 Å². The maximum Gasteiger partial charge on any atom is 0.188 e. The van der Waals surface area contributed by atoms with Gasteiger partial charge in [0.05, 0.1) is 57.6 Å². The fourth-order valence-corrected chi connectivity index (χ4v) is 7.39. The quantitative estimate of drug-likeness (QED) is 0.181. The highest BCUT2D eigenvalue weighted by atomic mass is 15.0. The lowest BCUT2D eigenvalue weighted by molar-refractivity contribution is 1.18. The van der Waals surface area contributed by atoms with E-state index in [9.17, 15) is 10.5 Å². The van der Waals surface area contributed by atoms with Crippen LogP contribution in [0, 0.1) is 29.2 Å². The summed E-state index contributed by atoms with van der Waals surface area (Å²) < 4.78 is 4.51. The molecule has 0 atom stereocenters. The number of rotatable bonds is 4. The second kappa shape index (κ2) is 11.4. The lowest BCUT2D eigenvalue weighted by Crippen LogP contribution is -1.98. The fourth-order valence-electron chi connectivity index (χ4n) is 7.39. The van der Waals surface area contributed by atoms with Crippen LogP contribution in [0.25, 0.3) is 82.1 Å². The first-order valence-corrected chi connectivity index (χ1v) is 16.3. The van der Waals surface area contributed by atoms with Gasteiger partial charge in [-0.3, -0.25) is 0 Å². The van der Waals surface area contributed by atoms with E-state index < -0.39 is 0 Å². The number of nitrogens with zero attached hydrogens (tertiary/aromatic N) is 5. The van der Waals surface area contributed by atoms with Crippen LogP contribution in [0.2, 0.25) is 0 Å². The summed E-state index contributed by atoms with van der Waals surface area (Å²) in [5.74, 6) is 0. The first kappa shape index (κ1) is 28.8. The van der Waals surface area contributed by atoms with Crippen molar-refractivity contribution in [2.45, 2.75) is 0 Å². The zero-order valence-electron chi connectivity index (χ0n) is 26.7. The lowest BCUT2D eigenvalue weighted by Gasteiger charge is -2.18. The molecule has 0 saturated heterocycles. The molecular formula is C45H25N5. The Morgan fingerprint density at radius 1 is 0.460 bits per heavy atom. The summed E-state index contributed by atoms with van der Waals surface area (Å²) >= 11 is 0. The molecule has 0 bridgehead atoms. The molecule has 5 nitrogen and oxygen atoms in total. The summed E-state index contributed by atoms with van der Waals surface area (Å²) in [6.45, 7) is 7.61. The van der Waals surface area contributed by atoms with Crippen molar-refractivity contribution in [1.82, 2.24) is 9.13 Å². The Labute approximate surface area is 288 Å². The molecule has 9 aromatic rings. The molecule has 0 spiro atoms. The van der Waals surface area contributed by atoms with Crippen LogP contribution in [0.4, 0.5) is 5.69 Å². The second-order valence-electron chi connectivity index (χ2n) is 12.3. The lowest BCUT2D eigenvalue weighted by atomic mass is 9.91. The van der Waals surface area contributed by atoms with Crippen LogP contribution in [-0.4, -0.2) is 9.13 Å². The van der Waals surface area contributed by atoms with Crippen LogP contribution < -0.4 is 0 Å².